The van der Waals surface area contributed by atoms with Gasteiger partial charge in [-0.3, -0.25) is 4.79 Å². The average Bonchev–Trinajstić information content (AvgIpc) is 2.85. The molecule has 2 saturated carbocycles. The Balaban J connectivity index is 1.62. The highest BCUT2D eigenvalue weighted by atomic mass is 35.5. The second-order valence-corrected chi connectivity index (χ2v) is 9.76. The van der Waals surface area contributed by atoms with Gasteiger partial charge in [0, 0.05) is 28.1 Å². The fraction of sp³-hybridized carbons (Fsp3) is 0.429. The molecule has 5 rings (SSSR count). The zero-order valence-electron chi connectivity index (χ0n) is 18.6. The van der Waals surface area contributed by atoms with E-state index in [1.165, 1.54) is 38.5 Å². The first-order valence-corrected chi connectivity index (χ1v) is 12.6. The molecule has 0 aliphatic heterocycles. The first-order chi connectivity index (χ1) is 15.7. The van der Waals surface area contributed by atoms with Crippen LogP contribution in [0.15, 0.2) is 54.6 Å². The molecule has 2 fully saturated rings. The van der Waals surface area contributed by atoms with E-state index in [-0.39, 0.29) is 5.91 Å². The highest BCUT2D eigenvalue weighted by Crippen LogP contribution is 2.35. The van der Waals surface area contributed by atoms with Crippen LogP contribution < -0.4 is 0 Å². The Hall–Kier alpha value is -2.39. The summed E-state index contributed by atoms with van der Waals surface area (Å²) in [5.74, 6) is 0.177. The van der Waals surface area contributed by atoms with Crippen LogP contribution in [0.5, 0.6) is 0 Å². The Kier molecular flexibility index (Phi) is 6.45. The second kappa shape index (κ2) is 9.62. The van der Waals surface area contributed by atoms with Crippen LogP contribution in [0.1, 0.15) is 74.6 Å². The molecule has 1 heterocycles. The number of rotatable bonds is 4. The molecule has 0 saturated heterocycles. The SMILES string of the molecule is O=C(c1cc(-c2ccccc2Cl)nc2ccccc12)N(C1CCCCC1)C1CCCCC1. The van der Waals surface area contributed by atoms with E-state index in [1.807, 2.05) is 54.6 Å². The van der Waals surface area contributed by atoms with Gasteiger partial charge in [-0.2, -0.15) is 0 Å². The predicted octanol–water partition coefficient (Wildman–Crippen LogP) is 7.66. The molecule has 0 bridgehead atoms. The van der Waals surface area contributed by atoms with Gasteiger partial charge in [0.15, 0.2) is 0 Å². The summed E-state index contributed by atoms with van der Waals surface area (Å²) >= 11 is 6.51. The molecule has 0 N–H and O–H groups in total. The molecule has 3 nitrogen and oxygen atoms in total. The summed E-state index contributed by atoms with van der Waals surface area (Å²) in [5.41, 5.74) is 3.25. The van der Waals surface area contributed by atoms with Crippen LogP contribution in [0, 0.1) is 0 Å². The molecular weight excluding hydrogens is 416 g/mol. The zero-order chi connectivity index (χ0) is 21.9. The summed E-state index contributed by atoms with van der Waals surface area (Å²) in [7, 11) is 0. The van der Waals surface area contributed by atoms with Gasteiger partial charge >= 0.3 is 0 Å². The van der Waals surface area contributed by atoms with Crippen molar-refractivity contribution >= 4 is 28.4 Å². The Labute approximate surface area is 195 Å². The number of carbonyl (C=O) groups is 1. The topological polar surface area (TPSA) is 33.2 Å². The van der Waals surface area contributed by atoms with Crippen LogP contribution in [0.3, 0.4) is 0 Å². The molecule has 0 spiro atoms. The number of amides is 1. The standard InChI is InChI=1S/C28H31ClN2O/c29-25-17-9-7-16-23(25)27-19-24(22-15-8-10-18-26(22)30-27)28(32)31(20-11-3-1-4-12-20)21-13-5-2-6-14-21/h7-10,15-21H,1-6,11-14H2. The number of aromatic nitrogens is 1. The highest BCUT2D eigenvalue weighted by molar-refractivity contribution is 6.33. The number of hydrogen-bond acceptors (Lipinski definition) is 2. The van der Waals surface area contributed by atoms with Crippen molar-refractivity contribution in [3.05, 3.63) is 65.2 Å². The monoisotopic (exact) mass is 446 g/mol. The van der Waals surface area contributed by atoms with Crippen molar-refractivity contribution in [2.75, 3.05) is 0 Å². The third kappa shape index (κ3) is 4.28. The van der Waals surface area contributed by atoms with Crippen molar-refractivity contribution in [2.45, 2.75) is 76.3 Å². The fourth-order valence-electron chi connectivity index (χ4n) is 5.65. The van der Waals surface area contributed by atoms with Crippen LogP contribution in [-0.4, -0.2) is 27.9 Å². The van der Waals surface area contributed by atoms with Crippen molar-refractivity contribution in [2.24, 2.45) is 0 Å². The van der Waals surface area contributed by atoms with E-state index in [9.17, 15) is 4.79 Å². The fourth-order valence-corrected chi connectivity index (χ4v) is 5.88. The molecule has 2 aliphatic carbocycles. The first kappa shape index (κ1) is 21.5. The Bertz CT molecular complexity index is 1080. The van der Waals surface area contributed by atoms with Crippen molar-refractivity contribution in [1.82, 2.24) is 9.88 Å². The van der Waals surface area contributed by atoms with E-state index in [0.29, 0.717) is 17.1 Å². The summed E-state index contributed by atoms with van der Waals surface area (Å²) in [5, 5.41) is 1.59. The van der Waals surface area contributed by atoms with Gasteiger partial charge in [-0.05, 0) is 43.9 Å². The summed E-state index contributed by atoms with van der Waals surface area (Å²) in [6.07, 6.45) is 12.0. The number of para-hydroxylation sites is 1. The third-order valence-electron chi connectivity index (χ3n) is 7.27. The van der Waals surface area contributed by atoms with Crippen LogP contribution in [0.25, 0.3) is 22.2 Å². The number of pyridine rings is 1. The van der Waals surface area contributed by atoms with Gasteiger partial charge in [-0.25, -0.2) is 4.98 Å². The van der Waals surface area contributed by atoms with Gasteiger partial charge in [0.2, 0.25) is 0 Å². The molecule has 1 amide bonds. The summed E-state index contributed by atoms with van der Waals surface area (Å²) in [6.45, 7) is 0. The van der Waals surface area contributed by atoms with Gasteiger partial charge < -0.3 is 4.90 Å². The number of hydrogen-bond donors (Lipinski definition) is 0. The minimum atomic E-state index is 0.177. The first-order valence-electron chi connectivity index (χ1n) is 12.2. The largest absolute Gasteiger partial charge is 0.333 e. The van der Waals surface area contributed by atoms with Gasteiger partial charge in [-0.1, -0.05) is 86.5 Å². The second-order valence-electron chi connectivity index (χ2n) is 9.35. The van der Waals surface area contributed by atoms with Crippen molar-refractivity contribution in [1.29, 1.82) is 0 Å². The Morgan fingerprint density at radius 3 is 2.06 bits per heavy atom. The molecular formula is C28H31ClN2O. The average molecular weight is 447 g/mol. The van der Waals surface area contributed by atoms with Gasteiger partial charge in [0.1, 0.15) is 0 Å². The summed E-state index contributed by atoms with van der Waals surface area (Å²) in [4.78, 5) is 21.5. The lowest BCUT2D eigenvalue weighted by molar-refractivity contribution is 0.0450. The zero-order valence-corrected chi connectivity index (χ0v) is 19.4. The molecule has 1 aromatic heterocycles. The van der Waals surface area contributed by atoms with Crippen LogP contribution in [0.2, 0.25) is 5.02 Å². The molecule has 0 unspecified atom stereocenters. The quantitative estimate of drug-likeness (QED) is 0.412. The van der Waals surface area contributed by atoms with Gasteiger partial charge in [-0.15, -0.1) is 0 Å². The van der Waals surface area contributed by atoms with E-state index >= 15 is 0 Å². The van der Waals surface area contributed by atoms with E-state index in [0.717, 1.165) is 53.4 Å². The lowest BCUT2D eigenvalue weighted by atomic mass is 9.87. The maximum atomic E-state index is 14.3. The molecule has 32 heavy (non-hydrogen) atoms. The lowest BCUT2D eigenvalue weighted by Gasteiger charge is -2.42. The molecule has 166 valence electrons. The number of carbonyl (C=O) groups excluding carboxylic acids is 1. The Morgan fingerprint density at radius 2 is 1.41 bits per heavy atom. The number of fused-ring (bicyclic) bond motifs is 1. The molecule has 4 heteroatoms. The molecule has 0 radical (unpaired) electrons. The van der Waals surface area contributed by atoms with Crippen LogP contribution in [-0.2, 0) is 0 Å². The third-order valence-corrected chi connectivity index (χ3v) is 7.60. The predicted molar refractivity (Wildman–Crippen MR) is 132 cm³/mol. The van der Waals surface area contributed by atoms with Crippen molar-refractivity contribution < 1.29 is 4.79 Å². The summed E-state index contributed by atoms with van der Waals surface area (Å²) in [6, 6.07) is 18.5. The number of nitrogens with zero attached hydrogens (tertiary/aromatic N) is 2. The van der Waals surface area contributed by atoms with E-state index < -0.39 is 0 Å². The lowest BCUT2D eigenvalue weighted by Crippen LogP contribution is -2.48. The smallest absolute Gasteiger partial charge is 0.255 e. The van der Waals surface area contributed by atoms with Gasteiger partial charge in [0.25, 0.3) is 5.91 Å². The van der Waals surface area contributed by atoms with Crippen LogP contribution in [0.4, 0.5) is 0 Å². The molecule has 2 aliphatic rings. The van der Waals surface area contributed by atoms with E-state index in [1.54, 1.807) is 0 Å². The number of benzene rings is 2. The summed E-state index contributed by atoms with van der Waals surface area (Å²) < 4.78 is 0. The molecule has 3 aromatic rings. The maximum absolute atomic E-state index is 14.3. The molecule has 0 atom stereocenters. The molecule has 2 aromatic carbocycles. The Morgan fingerprint density at radius 1 is 0.812 bits per heavy atom. The highest BCUT2D eigenvalue weighted by Gasteiger charge is 2.34. The normalized spacial score (nSPS) is 18.0. The van der Waals surface area contributed by atoms with Crippen molar-refractivity contribution in [3.63, 3.8) is 0 Å². The van der Waals surface area contributed by atoms with E-state index in [4.69, 9.17) is 16.6 Å². The van der Waals surface area contributed by atoms with Gasteiger partial charge in [0.05, 0.1) is 16.8 Å². The van der Waals surface area contributed by atoms with Crippen molar-refractivity contribution in [3.8, 4) is 11.3 Å². The van der Waals surface area contributed by atoms with E-state index in [2.05, 4.69) is 4.90 Å². The maximum Gasteiger partial charge on any atom is 0.255 e. The minimum absolute atomic E-state index is 0.177. The minimum Gasteiger partial charge on any atom is -0.333 e. The van der Waals surface area contributed by atoms with Crippen LogP contribution >= 0.6 is 11.6 Å². The number of halogens is 1.